The second-order valence-corrected chi connectivity index (χ2v) is 25.1. The monoisotopic (exact) mass is 1150 g/mol. The van der Waals surface area contributed by atoms with Crippen LogP contribution in [0.15, 0.2) is 72.5 Å². The van der Waals surface area contributed by atoms with Crippen LogP contribution in [0.4, 0.5) is 0 Å². The largest absolute Gasteiger partial charge is 0.393 e. The van der Waals surface area contributed by atoms with Crippen LogP contribution in [0.2, 0.25) is 0 Å². The van der Waals surface area contributed by atoms with Gasteiger partial charge in [0.2, 0.25) is 26.0 Å². The first-order valence-electron chi connectivity index (χ1n) is 25.8. The summed E-state index contributed by atoms with van der Waals surface area (Å²) < 4.78 is 57.7. The number of ketones is 1. The highest BCUT2D eigenvalue weighted by molar-refractivity contribution is 7.92. The molecular weight excluding hydrogens is 1080 g/mol. The zero-order valence-electron chi connectivity index (χ0n) is 44.3. The molecule has 0 bridgehead atoms. The molecular formula is C53H69N11O10S4. The number of piperidine rings is 4. The molecule has 25 heteroatoms. The molecule has 5 fully saturated rings. The minimum absolute atomic E-state index is 0.0479. The Hall–Kier alpha value is -5.90. The van der Waals surface area contributed by atoms with E-state index in [0.717, 1.165) is 38.8 Å². The Morgan fingerprint density at radius 1 is 0.667 bits per heavy atom. The van der Waals surface area contributed by atoms with E-state index in [1.165, 1.54) is 14.0 Å². The summed E-state index contributed by atoms with van der Waals surface area (Å²) in [5, 5.41) is 25.4. The van der Waals surface area contributed by atoms with Crippen molar-refractivity contribution < 1.29 is 46.2 Å². The summed E-state index contributed by atoms with van der Waals surface area (Å²) in [7, 11) is -7.35. The average molecular weight is 1150 g/mol. The number of carbonyl (C=O) groups excluding carboxylic acids is 4. The molecule has 4 aromatic rings. The number of nitrogens with one attached hydrogen (secondary N) is 1. The maximum atomic E-state index is 13.0. The van der Waals surface area contributed by atoms with Crippen LogP contribution in [-0.2, 0) is 29.6 Å². The van der Waals surface area contributed by atoms with Crippen molar-refractivity contribution in [3.05, 3.63) is 117 Å². The van der Waals surface area contributed by atoms with Crippen LogP contribution in [0.3, 0.4) is 0 Å². The second-order valence-electron chi connectivity index (χ2n) is 20.6. The highest BCUT2D eigenvalue weighted by Crippen LogP contribution is 2.32. The molecule has 0 aliphatic carbocycles. The lowest BCUT2D eigenvalue weighted by Crippen LogP contribution is -2.58. The number of sulfonamides is 2. The van der Waals surface area contributed by atoms with Gasteiger partial charge in [-0.1, -0.05) is 12.2 Å². The molecule has 78 heavy (non-hydrogen) atoms. The molecule has 2 aromatic carbocycles. The fourth-order valence-corrected chi connectivity index (χ4v) is 13.1. The van der Waals surface area contributed by atoms with E-state index in [2.05, 4.69) is 15.3 Å². The van der Waals surface area contributed by atoms with Crippen molar-refractivity contribution in [3.8, 4) is 0 Å². The first kappa shape index (κ1) is 59.8. The molecule has 9 rings (SSSR count). The van der Waals surface area contributed by atoms with E-state index in [0.29, 0.717) is 85.9 Å². The Kier molecular flexibility index (Phi) is 19.2. The van der Waals surface area contributed by atoms with Crippen LogP contribution in [0.25, 0.3) is 12.2 Å². The van der Waals surface area contributed by atoms with Crippen molar-refractivity contribution in [1.82, 2.24) is 42.8 Å². The standard InChI is InChI=1S/C24H31N3O5S2.C22H32N4O5S.C7H6N4S/c1-16-13-18(23(30)26-8-3-19(28)4-9-26)14-17(2)20(16)5-12-34(31,32)27-10-6-24(7-11-27)21(29)15-22(33)25-24;1-15-13-17(20(28)25-8-3-18(27)4-9-25)14-16(2)19(15)5-12-32(30,31)26-10-6-22(24,7-11-26)21(23)29;12-7(10-3-1-8-5-10)11-4-2-9-6-11/h5,12-14,19,28H,3-4,6-11,15H2,1-2H3,(H,25,33);5,12-14,18,27H,3-4,6-11,24H2,1-2H3,(H2,23,29);1-6H/b2*12-5+;. The molecule has 3 amide bonds. The van der Waals surface area contributed by atoms with Gasteiger partial charge in [-0.15, -0.1) is 0 Å². The first-order chi connectivity index (χ1) is 36.8. The number of nitrogens with two attached hydrogens (primary N) is 2. The Morgan fingerprint density at radius 2 is 1.04 bits per heavy atom. The van der Waals surface area contributed by atoms with Gasteiger partial charge in [-0.2, -0.15) is 8.61 Å². The highest BCUT2D eigenvalue weighted by Gasteiger charge is 2.47. The number of carbonyl (C=O) groups is 4. The first-order valence-corrected chi connectivity index (χ1v) is 29.6. The lowest BCUT2D eigenvalue weighted by Gasteiger charge is -2.37. The van der Waals surface area contributed by atoms with Gasteiger partial charge in [-0.3, -0.25) is 28.3 Å². The second kappa shape index (κ2) is 25.0. The van der Waals surface area contributed by atoms with E-state index in [1.807, 2.05) is 27.7 Å². The van der Waals surface area contributed by atoms with Crippen LogP contribution in [0.1, 0.15) is 112 Å². The number of hydrogen-bond donors (Lipinski definition) is 5. The number of aliphatic hydroxyl groups excluding tert-OH is 2. The van der Waals surface area contributed by atoms with Crippen molar-refractivity contribution in [2.75, 3.05) is 52.4 Å². The van der Waals surface area contributed by atoms with Crippen LogP contribution in [0, 0.1) is 27.7 Å². The molecule has 1 spiro atoms. The smallest absolute Gasteiger partial charge is 0.253 e. The van der Waals surface area contributed by atoms with E-state index in [4.69, 9.17) is 35.9 Å². The summed E-state index contributed by atoms with van der Waals surface area (Å²) in [6.45, 7) is 10.3. The lowest BCUT2D eigenvalue weighted by molar-refractivity contribution is -0.124. The van der Waals surface area contributed by atoms with Gasteiger partial charge in [0.15, 0.2) is 10.9 Å². The zero-order chi connectivity index (χ0) is 56.7. The minimum atomic E-state index is -3.69. The topological polar surface area (TPSA) is 290 Å². The summed E-state index contributed by atoms with van der Waals surface area (Å²) >= 11 is 10.3. The predicted octanol–water partition coefficient (Wildman–Crippen LogP) is 3.17. The molecule has 0 saturated carbocycles. The number of aryl methyl sites for hydroxylation is 4. The van der Waals surface area contributed by atoms with Gasteiger partial charge in [0.1, 0.15) is 12.7 Å². The van der Waals surface area contributed by atoms with E-state index < -0.39 is 37.0 Å². The van der Waals surface area contributed by atoms with E-state index in [9.17, 15) is 46.2 Å². The number of likely N-dealkylation sites (tertiary alicyclic amines) is 2. The van der Waals surface area contributed by atoms with Crippen molar-refractivity contribution in [2.45, 2.75) is 109 Å². The van der Waals surface area contributed by atoms with Crippen molar-refractivity contribution in [1.29, 1.82) is 0 Å². The summed E-state index contributed by atoms with van der Waals surface area (Å²) in [5.41, 5.74) is 15.3. The summed E-state index contributed by atoms with van der Waals surface area (Å²) in [6.07, 6.45) is 16.4. The Morgan fingerprint density at radius 3 is 1.36 bits per heavy atom. The molecule has 5 saturated heterocycles. The van der Waals surface area contributed by atoms with Crippen LogP contribution in [0.5, 0.6) is 0 Å². The number of rotatable bonds is 9. The molecule has 5 aliphatic heterocycles. The Balaban J connectivity index is 0.000000187. The van der Waals surface area contributed by atoms with Crippen LogP contribution < -0.4 is 16.8 Å². The molecule has 5 aliphatic rings. The molecule has 0 atom stereocenters. The number of thiocarbonyl (C=S) groups is 2. The number of aliphatic hydroxyl groups is 2. The summed E-state index contributed by atoms with van der Waals surface area (Å²) in [6, 6.07) is 7.11. The normalized spacial score (nSPS) is 19.6. The van der Waals surface area contributed by atoms with Gasteiger partial charge in [0.25, 0.3) is 11.8 Å². The number of amides is 3. The maximum absolute atomic E-state index is 13.0. The van der Waals surface area contributed by atoms with Crippen LogP contribution in [-0.4, -0.2) is 174 Å². The van der Waals surface area contributed by atoms with Crippen molar-refractivity contribution in [2.24, 2.45) is 11.5 Å². The summed E-state index contributed by atoms with van der Waals surface area (Å²) in [4.78, 5) is 61.3. The van der Waals surface area contributed by atoms with Crippen LogP contribution >= 0.6 is 24.4 Å². The third-order valence-corrected chi connectivity index (χ3v) is 18.9. The van der Waals surface area contributed by atoms with Gasteiger partial charge in [0.05, 0.1) is 34.7 Å². The molecule has 7 heterocycles. The SMILES string of the molecule is Cc1cc(C(=O)N2CCC(O)CC2)cc(C)c1/C=C/S(=O)(=O)N1CCC(N)(C(N)=O)CC1.Cc1cc(C(=O)N2CCC(O)CC2)cc(C)c1/C=C/S(=O)(=O)N1CCC2(CC1)NC(=S)CC2=O.S=C(n1ccnc1)n1ccnc1. The lowest BCUT2D eigenvalue weighted by atomic mass is 9.86. The predicted molar refractivity (Wildman–Crippen MR) is 304 cm³/mol. The average Bonchev–Trinajstić information content (AvgIpc) is 4.20. The molecule has 0 unspecified atom stereocenters. The van der Waals surface area contributed by atoms with E-state index >= 15 is 0 Å². The number of hydrogen-bond acceptors (Lipinski definition) is 15. The van der Waals surface area contributed by atoms with E-state index in [-0.39, 0.29) is 75.2 Å². The van der Waals surface area contributed by atoms with Gasteiger partial charge in [-0.25, -0.2) is 26.8 Å². The van der Waals surface area contributed by atoms with Gasteiger partial charge >= 0.3 is 0 Å². The number of aromatic nitrogens is 4. The number of Topliss-reactive ketones (excluding diaryl/α,β-unsaturated/α-hetero) is 1. The van der Waals surface area contributed by atoms with Crippen molar-refractivity contribution >= 4 is 90.2 Å². The van der Waals surface area contributed by atoms with Gasteiger partial charge in [-0.05, 0) is 161 Å². The molecule has 2 aromatic heterocycles. The quantitative estimate of drug-likeness (QED) is 0.151. The number of imidazole rings is 2. The number of benzene rings is 2. The Labute approximate surface area is 466 Å². The fourth-order valence-electron chi connectivity index (χ4n) is 10.2. The molecule has 21 nitrogen and oxygen atoms in total. The zero-order valence-corrected chi connectivity index (χ0v) is 47.6. The van der Waals surface area contributed by atoms with Crippen molar-refractivity contribution in [3.63, 3.8) is 0 Å². The van der Waals surface area contributed by atoms with E-state index in [1.54, 1.807) is 92.8 Å². The molecule has 0 radical (unpaired) electrons. The van der Waals surface area contributed by atoms with Gasteiger partial charge in [0, 0.05) is 99.1 Å². The highest BCUT2D eigenvalue weighted by atomic mass is 32.2. The number of primary amides is 1. The van der Waals surface area contributed by atoms with Gasteiger partial charge < -0.3 is 36.8 Å². The number of nitrogens with zero attached hydrogens (tertiary/aromatic N) is 8. The molecule has 420 valence electrons. The molecule has 7 N–H and O–H groups in total. The maximum Gasteiger partial charge on any atom is 0.253 e. The summed E-state index contributed by atoms with van der Waals surface area (Å²) in [5.74, 6) is -0.726. The fraction of sp³-hybridized carbons (Fsp3) is 0.472. The minimum Gasteiger partial charge on any atom is -0.393 e. The third kappa shape index (κ3) is 14.3. The third-order valence-electron chi connectivity index (χ3n) is 15.1. The Bertz CT molecular complexity index is 3090.